The van der Waals surface area contributed by atoms with Crippen LogP contribution in [-0.4, -0.2) is 36.1 Å². The minimum Gasteiger partial charge on any atom is -0.478 e. The van der Waals surface area contributed by atoms with Crippen LogP contribution in [0.3, 0.4) is 0 Å². The van der Waals surface area contributed by atoms with E-state index in [-0.39, 0.29) is 17.2 Å². The van der Waals surface area contributed by atoms with Crippen LogP contribution in [0.5, 0.6) is 0 Å². The van der Waals surface area contributed by atoms with Crippen LogP contribution in [0.4, 0.5) is 11.4 Å². The van der Waals surface area contributed by atoms with Gasteiger partial charge in [0.2, 0.25) is 0 Å². The largest absolute Gasteiger partial charge is 0.478 e. The van der Waals surface area contributed by atoms with Crippen LogP contribution in [0.1, 0.15) is 20.7 Å². The van der Waals surface area contributed by atoms with Crippen LogP contribution in [-0.2, 0) is 0 Å². The van der Waals surface area contributed by atoms with Crippen molar-refractivity contribution in [3.63, 3.8) is 0 Å². The second kappa shape index (κ2) is 6.04. The number of carboxylic acid groups (broad SMARTS) is 1. The molecule has 0 fully saturated rings. The number of aromatic carboxylic acids is 1. The van der Waals surface area contributed by atoms with Crippen LogP contribution >= 0.6 is 0 Å². The lowest BCUT2D eigenvalue weighted by molar-refractivity contribution is 0.0698. The summed E-state index contributed by atoms with van der Waals surface area (Å²) in [5.41, 5.74) is 1.59. The van der Waals surface area contributed by atoms with E-state index in [0.29, 0.717) is 5.56 Å². The van der Waals surface area contributed by atoms with Crippen molar-refractivity contribution in [1.82, 2.24) is 4.98 Å². The predicted molar refractivity (Wildman–Crippen MR) is 79.9 cm³/mol. The number of carboxylic acids is 1. The highest BCUT2D eigenvalue weighted by atomic mass is 16.4. The van der Waals surface area contributed by atoms with Gasteiger partial charge in [0.25, 0.3) is 5.91 Å². The van der Waals surface area contributed by atoms with E-state index in [4.69, 9.17) is 5.11 Å². The Morgan fingerprint density at radius 1 is 1.14 bits per heavy atom. The second-order valence-electron chi connectivity index (χ2n) is 4.62. The zero-order valence-electron chi connectivity index (χ0n) is 11.7. The van der Waals surface area contributed by atoms with E-state index < -0.39 is 5.97 Å². The van der Waals surface area contributed by atoms with Crippen molar-refractivity contribution in [2.24, 2.45) is 0 Å². The predicted octanol–water partition coefficient (Wildman–Crippen LogP) is 2.10. The zero-order chi connectivity index (χ0) is 15.4. The van der Waals surface area contributed by atoms with E-state index >= 15 is 0 Å². The molecule has 0 aliphatic heterocycles. The van der Waals surface area contributed by atoms with Crippen molar-refractivity contribution < 1.29 is 14.7 Å². The highest BCUT2D eigenvalue weighted by Gasteiger charge is 2.13. The summed E-state index contributed by atoms with van der Waals surface area (Å²) in [5.74, 6) is -1.49. The highest BCUT2D eigenvalue weighted by Crippen LogP contribution is 2.16. The zero-order valence-corrected chi connectivity index (χ0v) is 11.7. The second-order valence-corrected chi connectivity index (χ2v) is 4.62. The molecule has 0 atom stereocenters. The van der Waals surface area contributed by atoms with E-state index in [1.165, 1.54) is 18.5 Å². The Morgan fingerprint density at radius 3 is 2.38 bits per heavy atom. The number of hydrogen-bond acceptors (Lipinski definition) is 4. The number of benzene rings is 1. The molecule has 1 heterocycles. The molecule has 2 N–H and O–H groups in total. The first-order valence-electron chi connectivity index (χ1n) is 6.25. The average molecular weight is 285 g/mol. The molecule has 6 nitrogen and oxygen atoms in total. The van der Waals surface area contributed by atoms with Crippen LogP contribution in [0.2, 0.25) is 0 Å². The first kappa shape index (κ1) is 14.5. The number of hydrogen-bond donors (Lipinski definition) is 2. The van der Waals surface area contributed by atoms with E-state index in [1.807, 2.05) is 31.1 Å². The number of nitrogens with zero attached hydrogens (tertiary/aromatic N) is 2. The van der Waals surface area contributed by atoms with Gasteiger partial charge < -0.3 is 15.3 Å². The number of pyridine rings is 1. The Morgan fingerprint density at radius 2 is 1.81 bits per heavy atom. The summed E-state index contributed by atoms with van der Waals surface area (Å²) in [6.45, 7) is 0. The van der Waals surface area contributed by atoms with Gasteiger partial charge in [0.05, 0.1) is 17.4 Å². The Kier molecular flexibility index (Phi) is 4.18. The van der Waals surface area contributed by atoms with Crippen molar-refractivity contribution in [3.05, 3.63) is 53.9 Å². The summed E-state index contributed by atoms with van der Waals surface area (Å²) in [6, 6.07) is 8.34. The summed E-state index contributed by atoms with van der Waals surface area (Å²) < 4.78 is 0. The number of aromatic nitrogens is 1. The number of amides is 1. The molecule has 0 aliphatic rings. The van der Waals surface area contributed by atoms with Crippen LogP contribution in [0, 0.1) is 0 Å². The highest BCUT2D eigenvalue weighted by molar-refractivity contribution is 6.07. The first-order valence-corrected chi connectivity index (χ1v) is 6.25. The molecule has 6 heteroatoms. The fraction of sp³-hybridized carbons (Fsp3) is 0.133. The number of rotatable bonds is 4. The molecular weight excluding hydrogens is 270 g/mol. The maximum Gasteiger partial charge on any atom is 0.337 e. The van der Waals surface area contributed by atoms with E-state index in [1.54, 1.807) is 12.1 Å². The molecule has 1 amide bonds. The number of carbonyl (C=O) groups excluding carboxylic acids is 1. The first-order chi connectivity index (χ1) is 9.99. The Bertz CT molecular complexity index is 666. The molecule has 1 aromatic carbocycles. The molecule has 2 aromatic rings. The molecule has 0 unspecified atom stereocenters. The average Bonchev–Trinajstić information content (AvgIpc) is 2.47. The summed E-state index contributed by atoms with van der Waals surface area (Å²) in [5, 5.41) is 11.6. The van der Waals surface area contributed by atoms with Gasteiger partial charge in [-0.2, -0.15) is 0 Å². The maximum atomic E-state index is 12.1. The summed E-state index contributed by atoms with van der Waals surface area (Å²) in [7, 11) is 3.81. The topological polar surface area (TPSA) is 82.5 Å². The van der Waals surface area contributed by atoms with Gasteiger partial charge in [0.15, 0.2) is 0 Å². The molecule has 1 aromatic heterocycles. The third kappa shape index (κ3) is 3.36. The molecule has 0 aliphatic carbocycles. The minimum absolute atomic E-state index is 0.00302. The third-order valence-electron chi connectivity index (χ3n) is 2.95. The SMILES string of the molecule is CN(C)c1ccc(C(=O)Nc2cnccc2C(=O)O)cc1. The monoisotopic (exact) mass is 285 g/mol. The number of carbonyl (C=O) groups is 2. The van der Waals surface area contributed by atoms with Gasteiger partial charge in [-0.15, -0.1) is 0 Å². The Labute approximate surface area is 122 Å². The van der Waals surface area contributed by atoms with Gasteiger partial charge in [-0.3, -0.25) is 9.78 Å². The van der Waals surface area contributed by atoms with Crippen molar-refractivity contribution in [2.45, 2.75) is 0 Å². The van der Waals surface area contributed by atoms with E-state index in [9.17, 15) is 9.59 Å². The molecule has 2 rings (SSSR count). The summed E-state index contributed by atoms with van der Waals surface area (Å²) in [6.07, 6.45) is 2.68. The number of anilines is 2. The molecular formula is C15H15N3O3. The normalized spacial score (nSPS) is 10.0. The van der Waals surface area contributed by atoms with Crippen molar-refractivity contribution in [3.8, 4) is 0 Å². The van der Waals surface area contributed by atoms with Crippen LogP contribution in [0.15, 0.2) is 42.7 Å². The fourth-order valence-electron chi connectivity index (χ4n) is 1.79. The molecule has 0 bridgehead atoms. The van der Waals surface area contributed by atoms with Crippen molar-refractivity contribution in [2.75, 3.05) is 24.3 Å². The number of nitrogens with one attached hydrogen (secondary N) is 1. The van der Waals surface area contributed by atoms with Crippen LogP contribution < -0.4 is 10.2 Å². The lowest BCUT2D eigenvalue weighted by Gasteiger charge is -2.13. The molecule has 0 spiro atoms. The Balaban J connectivity index is 2.20. The summed E-state index contributed by atoms with van der Waals surface area (Å²) >= 11 is 0. The standard InChI is InChI=1S/C15H15N3O3/c1-18(2)11-5-3-10(4-6-11)14(19)17-13-9-16-8-7-12(13)15(20)21/h3-9H,1-2H3,(H,17,19)(H,20,21). The molecule has 21 heavy (non-hydrogen) atoms. The van der Waals surface area contributed by atoms with Gasteiger partial charge in [0.1, 0.15) is 0 Å². The fourth-order valence-corrected chi connectivity index (χ4v) is 1.79. The molecule has 0 saturated carbocycles. The van der Waals surface area contributed by atoms with Gasteiger partial charge in [-0.05, 0) is 30.3 Å². The molecule has 108 valence electrons. The smallest absolute Gasteiger partial charge is 0.337 e. The van der Waals surface area contributed by atoms with Gasteiger partial charge in [-0.1, -0.05) is 0 Å². The van der Waals surface area contributed by atoms with Crippen molar-refractivity contribution in [1.29, 1.82) is 0 Å². The molecule has 0 radical (unpaired) electrons. The minimum atomic E-state index is -1.12. The van der Waals surface area contributed by atoms with Gasteiger partial charge >= 0.3 is 5.97 Å². The summed E-state index contributed by atoms with van der Waals surface area (Å²) in [4.78, 5) is 28.9. The quantitative estimate of drug-likeness (QED) is 0.899. The van der Waals surface area contributed by atoms with Crippen LogP contribution in [0.25, 0.3) is 0 Å². The maximum absolute atomic E-state index is 12.1. The van der Waals surface area contributed by atoms with Gasteiger partial charge in [-0.25, -0.2) is 4.79 Å². The van der Waals surface area contributed by atoms with E-state index in [2.05, 4.69) is 10.3 Å². The van der Waals surface area contributed by atoms with Gasteiger partial charge in [0, 0.05) is 31.5 Å². The lowest BCUT2D eigenvalue weighted by Crippen LogP contribution is -2.15. The van der Waals surface area contributed by atoms with E-state index in [0.717, 1.165) is 5.69 Å². The van der Waals surface area contributed by atoms with Crippen molar-refractivity contribution >= 4 is 23.3 Å². The lowest BCUT2D eigenvalue weighted by atomic mass is 10.1. The third-order valence-corrected chi connectivity index (χ3v) is 2.95. The molecule has 0 saturated heterocycles. The Hall–Kier alpha value is -2.89.